The third-order valence-corrected chi connectivity index (χ3v) is 5.46. The molecular formula is C25H24N4O3. The van der Waals surface area contributed by atoms with Crippen LogP contribution in [0.25, 0.3) is 22.4 Å². The Morgan fingerprint density at radius 2 is 1.91 bits per heavy atom. The van der Waals surface area contributed by atoms with Gasteiger partial charge in [0.25, 0.3) is 5.89 Å². The van der Waals surface area contributed by atoms with E-state index in [2.05, 4.69) is 27.2 Å². The van der Waals surface area contributed by atoms with Gasteiger partial charge in [0.15, 0.2) is 5.76 Å². The topological polar surface area (TPSA) is 79.1 Å². The average molecular weight is 428 g/mol. The number of fused-ring (bicyclic) bond motifs is 1. The standard InChI is InChI=1S/C25H24N4O3/c1-18-23(28-25(32-18)24-22-8-3-2-7-20(22)14-31-24)15-30-21-11-9-19(10-12-21)6-4-5-13-29-17-26-16-27-29/h2-3,7-12,14,16-17H,4-6,13,15H2,1H3. The van der Waals surface area contributed by atoms with Crippen molar-refractivity contribution in [2.45, 2.75) is 39.3 Å². The number of aryl methyl sites for hydroxylation is 3. The van der Waals surface area contributed by atoms with Gasteiger partial charge >= 0.3 is 0 Å². The van der Waals surface area contributed by atoms with Crippen LogP contribution >= 0.6 is 0 Å². The number of benzene rings is 2. The summed E-state index contributed by atoms with van der Waals surface area (Å²) in [5, 5.41) is 6.13. The van der Waals surface area contributed by atoms with Gasteiger partial charge in [-0.3, -0.25) is 4.68 Å². The van der Waals surface area contributed by atoms with E-state index in [0.717, 1.165) is 53.8 Å². The molecule has 2 aromatic carbocycles. The van der Waals surface area contributed by atoms with Crippen LogP contribution in [0.5, 0.6) is 5.75 Å². The highest BCUT2D eigenvalue weighted by atomic mass is 16.5. The van der Waals surface area contributed by atoms with Crippen molar-refractivity contribution < 1.29 is 13.6 Å². The molecule has 0 radical (unpaired) electrons. The van der Waals surface area contributed by atoms with Gasteiger partial charge < -0.3 is 13.6 Å². The minimum Gasteiger partial charge on any atom is -0.487 e. The predicted octanol–water partition coefficient (Wildman–Crippen LogP) is 5.59. The predicted molar refractivity (Wildman–Crippen MR) is 120 cm³/mol. The van der Waals surface area contributed by atoms with Crippen LogP contribution in [0.1, 0.15) is 29.9 Å². The van der Waals surface area contributed by atoms with E-state index in [1.54, 1.807) is 18.9 Å². The van der Waals surface area contributed by atoms with Gasteiger partial charge in [-0.2, -0.15) is 5.10 Å². The Morgan fingerprint density at radius 1 is 1.03 bits per heavy atom. The fraction of sp³-hybridized carbons (Fsp3) is 0.240. The zero-order valence-corrected chi connectivity index (χ0v) is 17.9. The fourth-order valence-electron chi connectivity index (χ4n) is 3.67. The van der Waals surface area contributed by atoms with E-state index in [1.807, 2.05) is 48.0 Å². The maximum absolute atomic E-state index is 5.95. The Morgan fingerprint density at radius 3 is 2.75 bits per heavy atom. The van der Waals surface area contributed by atoms with Crippen LogP contribution in [-0.2, 0) is 19.6 Å². The van der Waals surface area contributed by atoms with Gasteiger partial charge in [0.1, 0.15) is 36.5 Å². The van der Waals surface area contributed by atoms with Gasteiger partial charge in [-0.15, -0.1) is 0 Å². The first-order valence-electron chi connectivity index (χ1n) is 10.7. The van der Waals surface area contributed by atoms with Crippen LogP contribution in [0.4, 0.5) is 0 Å². The summed E-state index contributed by atoms with van der Waals surface area (Å²) in [6.07, 6.45) is 8.23. The van der Waals surface area contributed by atoms with Gasteiger partial charge in [-0.1, -0.05) is 36.4 Å². The molecule has 0 spiro atoms. The monoisotopic (exact) mass is 428 g/mol. The molecule has 0 fully saturated rings. The number of hydrogen-bond acceptors (Lipinski definition) is 6. The van der Waals surface area contributed by atoms with Gasteiger partial charge in [-0.05, 0) is 43.9 Å². The molecule has 0 atom stereocenters. The zero-order chi connectivity index (χ0) is 21.8. The van der Waals surface area contributed by atoms with Crippen molar-refractivity contribution in [3.8, 4) is 17.4 Å². The van der Waals surface area contributed by atoms with Crippen molar-refractivity contribution in [1.82, 2.24) is 19.7 Å². The summed E-state index contributed by atoms with van der Waals surface area (Å²) in [5.74, 6) is 2.65. The second-order valence-corrected chi connectivity index (χ2v) is 7.72. The maximum atomic E-state index is 5.95. The molecule has 0 N–H and O–H groups in total. The van der Waals surface area contributed by atoms with E-state index >= 15 is 0 Å². The molecule has 7 heteroatoms. The molecule has 0 saturated carbocycles. The third-order valence-electron chi connectivity index (χ3n) is 5.46. The first-order valence-corrected chi connectivity index (χ1v) is 10.7. The number of aromatic nitrogens is 4. The van der Waals surface area contributed by atoms with E-state index in [1.165, 1.54) is 5.56 Å². The number of oxazole rings is 1. The molecule has 162 valence electrons. The van der Waals surface area contributed by atoms with Crippen molar-refractivity contribution >= 4 is 10.8 Å². The van der Waals surface area contributed by atoms with Crippen LogP contribution in [0.2, 0.25) is 0 Å². The zero-order valence-electron chi connectivity index (χ0n) is 17.9. The van der Waals surface area contributed by atoms with E-state index < -0.39 is 0 Å². The molecule has 5 rings (SSSR count). The lowest BCUT2D eigenvalue weighted by Gasteiger charge is -2.06. The largest absolute Gasteiger partial charge is 0.487 e. The van der Waals surface area contributed by atoms with E-state index in [0.29, 0.717) is 18.3 Å². The number of ether oxygens (including phenoxy) is 1. The molecular weight excluding hydrogens is 404 g/mol. The van der Waals surface area contributed by atoms with Crippen molar-refractivity contribution in [1.29, 1.82) is 0 Å². The van der Waals surface area contributed by atoms with Gasteiger partial charge in [0, 0.05) is 17.3 Å². The lowest BCUT2D eigenvalue weighted by atomic mass is 10.1. The molecule has 0 saturated heterocycles. The molecule has 32 heavy (non-hydrogen) atoms. The molecule has 0 unspecified atom stereocenters. The molecule has 0 aliphatic rings. The van der Waals surface area contributed by atoms with Crippen molar-refractivity contribution in [2.75, 3.05) is 0 Å². The van der Waals surface area contributed by atoms with Crippen molar-refractivity contribution in [3.63, 3.8) is 0 Å². The lowest BCUT2D eigenvalue weighted by molar-refractivity contribution is 0.299. The Hall–Kier alpha value is -3.87. The number of hydrogen-bond donors (Lipinski definition) is 0. The fourth-order valence-corrected chi connectivity index (χ4v) is 3.67. The third kappa shape index (κ3) is 4.42. The first kappa shape index (κ1) is 20.1. The number of furan rings is 1. The van der Waals surface area contributed by atoms with Crippen molar-refractivity contribution in [2.24, 2.45) is 0 Å². The molecule has 7 nitrogen and oxygen atoms in total. The van der Waals surface area contributed by atoms with Crippen LogP contribution in [-0.4, -0.2) is 19.7 Å². The lowest BCUT2D eigenvalue weighted by Crippen LogP contribution is -1.99. The van der Waals surface area contributed by atoms with Crippen molar-refractivity contribution in [3.05, 3.63) is 84.5 Å². The van der Waals surface area contributed by atoms with Gasteiger partial charge in [-0.25, -0.2) is 9.97 Å². The normalized spacial score (nSPS) is 11.3. The summed E-state index contributed by atoms with van der Waals surface area (Å²) in [6.45, 7) is 3.13. The number of unbranched alkanes of at least 4 members (excludes halogenated alkanes) is 1. The summed E-state index contributed by atoms with van der Waals surface area (Å²) >= 11 is 0. The van der Waals surface area contributed by atoms with E-state index in [9.17, 15) is 0 Å². The minimum atomic E-state index is 0.339. The van der Waals surface area contributed by atoms with Crippen LogP contribution in [0.3, 0.4) is 0 Å². The molecule has 3 aromatic heterocycles. The van der Waals surface area contributed by atoms with Gasteiger partial charge in [0.05, 0.1) is 6.26 Å². The van der Waals surface area contributed by atoms with Crippen LogP contribution < -0.4 is 4.74 Å². The number of rotatable bonds is 9. The molecule has 0 bridgehead atoms. The van der Waals surface area contributed by atoms with E-state index in [4.69, 9.17) is 13.6 Å². The van der Waals surface area contributed by atoms with E-state index in [-0.39, 0.29) is 0 Å². The molecule has 5 aromatic rings. The molecule has 0 aliphatic heterocycles. The highest BCUT2D eigenvalue weighted by molar-refractivity contribution is 5.92. The quantitative estimate of drug-likeness (QED) is 0.285. The van der Waals surface area contributed by atoms with Crippen LogP contribution in [0.15, 0.2) is 76.3 Å². The van der Waals surface area contributed by atoms with Crippen LogP contribution in [0, 0.1) is 6.92 Å². The second-order valence-electron chi connectivity index (χ2n) is 7.72. The minimum absolute atomic E-state index is 0.339. The highest BCUT2D eigenvalue weighted by Crippen LogP contribution is 2.31. The Balaban J connectivity index is 1.16. The SMILES string of the molecule is Cc1oc(-c2occ3ccccc23)nc1COc1ccc(CCCCn2cncn2)cc1. The second kappa shape index (κ2) is 9.09. The summed E-state index contributed by atoms with van der Waals surface area (Å²) in [5.41, 5.74) is 2.05. The Labute approximate surface area is 185 Å². The average Bonchev–Trinajstić information content (AvgIpc) is 3.56. The molecule has 3 heterocycles. The summed E-state index contributed by atoms with van der Waals surface area (Å²) < 4.78 is 19.4. The Bertz CT molecular complexity index is 1290. The summed E-state index contributed by atoms with van der Waals surface area (Å²) in [4.78, 5) is 8.57. The first-order chi connectivity index (χ1) is 15.8. The summed E-state index contributed by atoms with van der Waals surface area (Å²) in [7, 11) is 0. The molecule has 0 aliphatic carbocycles. The summed E-state index contributed by atoms with van der Waals surface area (Å²) in [6, 6.07) is 16.2. The smallest absolute Gasteiger partial charge is 0.264 e. The Kier molecular flexibility index (Phi) is 5.70. The highest BCUT2D eigenvalue weighted by Gasteiger charge is 2.17. The maximum Gasteiger partial charge on any atom is 0.264 e. The number of nitrogens with zero attached hydrogens (tertiary/aromatic N) is 4. The molecule has 0 amide bonds. The van der Waals surface area contributed by atoms with Gasteiger partial charge in [0.2, 0.25) is 0 Å².